The van der Waals surface area contributed by atoms with Crippen LogP contribution < -0.4 is 0 Å². The molecular formula is C15H8I2N2O3. The molecule has 0 spiro atoms. The van der Waals surface area contributed by atoms with Crippen molar-refractivity contribution < 1.29 is 10.0 Å². The Morgan fingerprint density at radius 2 is 1.91 bits per heavy atom. The third-order valence-electron chi connectivity index (χ3n) is 2.87. The monoisotopic (exact) mass is 518 g/mol. The predicted octanol–water partition coefficient (Wildman–Crippen LogP) is 4.57. The highest BCUT2D eigenvalue weighted by atomic mass is 127. The number of nitrogens with zero attached hydrogens (tertiary/aromatic N) is 2. The van der Waals surface area contributed by atoms with Crippen LogP contribution in [0.15, 0.2) is 36.4 Å². The fourth-order valence-corrected chi connectivity index (χ4v) is 3.68. The summed E-state index contributed by atoms with van der Waals surface area (Å²) in [5.74, 6) is 0.107. The average Bonchev–Trinajstić information content (AvgIpc) is 2.49. The van der Waals surface area contributed by atoms with E-state index in [-0.39, 0.29) is 11.4 Å². The van der Waals surface area contributed by atoms with Gasteiger partial charge in [0.25, 0.3) is 5.69 Å². The van der Waals surface area contributed by atoms with Gasteiger partial charge in [0.15, 0.2) is 0 Å². The second-order valence-electron chi connectivity index (χ2n) is 4.30. The molecule has 0 bridgehead atoms. The minimum absolute atomic E-state index is 0.0345. The van der Waals surface area contributed by atoms with E-state index < -0.39 is 4.92 Å². The molecule has 22 heavy (non-hydrogen) atoms. The third-order valence-corrected chi connectivity index (χ3v) is 4.31. The maximum atomic E-state index is 10.7. The van der Waals surface area contributed by atoms with Gasteiger partial charge in [0.1, 0.15) is 5.75 Å². The lowest BCUT2D eigenvalue weighted by atomic mass is 10.0. The van der Waals surface area contributed by atoms with Crippen molar-refractivity contribution in [3.05, 3.63) is 64.8 Å². The maximum absolute atomic E-state index is 10.7. The summed E-state index contributed by atoms with van der Waals surface area (Å²) in [6, 6.07) is 11.4. The highest BCUT2D eigenvalue weighted by molar-refractivity contribution is 14.1. The molecule has 0 aliphatic rings. The smallest absolute Gasteiger partial charge is 0.269 e. The van der Waals surface area contributed by atoms with Crippen LogP contribution in [-0.4, -0.2) is 10.0 Å². The number of hydrogen-bond donors (Lipinski definition) is 1. The molecule has 0 amide bonds. The molecule has 0 saturated carbocycles. The molecule has 0 saturated heterocycles. The van der Waals surface area contributed by atoms with Crippen LogP contribution in [0.4, 0.5) is 5.69 Å². The number of aromatic hydroxyl groups is 1. The standard InChI is InChI=1S/C15H8I2N2O3/c16-12-6-10(15(20)14(17)7-12)5-11(8-18)9-1-3-13(4-2-9)19(21)22/h1-7,20H/b11-5+. The number of nitro benzene ring substituents is 1. The third kappa shape index (κ3) is 3.75. The van der Waals surface area contributed by atoms with Crippen molar-refractivity contribution in [1.82, 2.24) is 0 Å². The molecule has 2 aromatic rings. The van der Waals surface area contributed by atoms with Crippen LogP contribution in [0.25, 0.3) is 11.6 Å². The molecule has 7 heteroatoms. The zero-order valence-electron chi connectivity index (χ0n) is 11.0. The Labute approximate surface area is 153 Å². The van der Waals surface area contributed by atoms with E-state index in [1.165, 1.54) is 24.3 Å². The zero-order chi connectivity index (χ0) is 16.3. The molecule has 0 aliphatic carbocycles. The van der Waals surface area contributed by atoms with Gasteiger partial charge in [-0.05, 0) is 81.1 Å². The predicted molar refractivity (Wildman–Crippen MR) is 100 cm³/mol. The molecule has 2 aromatic carbocycles. The van der Waals surface area contributed by atoms with E-state index in [2.05, 4.69) is 28.7 Å². The Balaban J connectivity index is 2.48. The van der Waals surface area contributed by atoms with E-state index in [1.54, 1.807) is 12.1 Å². The van der Waals surface area contributed by atoms with Crippen molar-refractivity contribution >= 4 is 62.5 Å². The number of allylic oxidation sites excluding steroid dienone is 1. The SMILES string of the molecule is N#C/C(=C\c1cc(I)cc(I)c1O)c1ccc([N+](=O)[O-])cc1. The first kappa shape index (κ1) is 16.7. The summed E-state index contributed by atoms with van der Waals surface area (Å²) in [4.78, 5) is 10.2. The minimum Gasteiger partial charge on any atom is -0.506 e. The van der Waals surface area contributed by atoms with Gasteiger partial charge in [-0.2, -0.15) is 5.26 Å². The van der Waals surface area contributed by atoms with E-state index in [9.17, 15) is 20.5 Å². The summed E-state index contributed by atoms with van der Waals surface area (Å²) in [6.07, 6.45) is 1.57. The van der Waals surface area contributed by atoms with Crippen molar-refractivity contribution in [2.45, 2.75) is 0 Å². The van der Waals surface area contributed by atoms with E-state index in [1.807, 2.05) is 28.7 Å². The Bertz CT molecular complexity index is 809. The molecule has 0 aromatic heterocycles. The van der Waals surface area contributed by atoms with E-state index in [0.717, 1.165) is 3.57 Å². The summed E-state index contributed by atoms with van der Waals surface area (Å²) >= 11 is 4.15. The number of nitriles is 1. The molecule has 5 nitrogen and oxygen atoms in total. The number of nitro groups is 1. The quantitative estimate of drug-likeness (QED) is 0.212. The van der Waals surface area contributed by atoms with Gasteiger partial charge in [0.05, 0.1) is 20.1 Å². The number of halogens is 2. The van der Waals surface area contributed by atoms with Gasteiger partial charge in [-0.25, -0.2) is 0 Å². The first-order valence-electron chi connectivity index (χ1n) is 5.97. The van der Waals surface area contributed by atoms with E-state index >= 15 is 0 Å². The molecule has 0 fully saturated rings. The Kier molecular flexibility index (Phi) is 5.36. The molecule has 0 heterocycles. The van der Waals surface area contributed by atoms with Gasteiger partial charge in [0, 0.05) is 21.3 Å². The van der Waals surface area contributed by atoms with Crippen LogP contribution >= 0.6 is 45.2 Å². The number of phenols is 1. The maximum Gasteiger partial charge on any atom is 0.269 e. The summed E-state index contributed by atoms with van der Waals surface area (Å²) in [5.41, 5.74) is 1.38. The van der Waals surface area contributed by atoms with Crippen LogP contribution in [0.3, 0.4) is 0 Å². The molecule has 0 unspecified atom stereocenters. The lowest BCUT2D eigenvalue weighted by Crippen LogP contribution is -1.89. The van der Waals surface area contributed by atoms with Crippen LogP contribution in [0, 0.1) is 28.6 Å². The normalized spacial score (nSPS) is 11.0. The molecule has 0 aliphatic heterocycles. The van der Waals surface area contributed by atoms with Gasteiger partial charge < -0.3 is 5.11 Å². The van der Waals surface area contributed by atoms with Crippen molar-refractivity contribution in [2.24, 2.45) is 0 Å². The minimum atomic E-state index is -0.493. The Hall–Kier alpha value is -1.67. The summed E-state index contributed by atoms with van der Waals surface area (Å²) in [5, 5.41) is 30.0. The van der Waals surface area contributed by atoms with Gasteiger partial charge >= 0.3 is 0 Å². The van der Waals surface area contributed by atoms with Crippen LogP contribution in [0.5, 0.6) is 5.75 Å². The summed E-state index contributed by atoms with van der Waals surface area (Å²) in [6.45, 7) is 0. The molecule has 2 rings (SSSR count). The number of benzene rings is 2. The Morgan fingerprint density at radius 3 is 2.45 bits per heavy atom. The average molecular weight is 518 g/mol. The van der Waals surface area contributed by atoms with Crippen molar-refractivity contribution in [3.8, 4) is 11.8 Å². The summed E-state index contributed by atoms with van der Waals surface area (Å²) in [7, 11) is 0. The number of rotatable bonds is 3. The number of phenolic OH excluding ortho intramolecular Hbond substituents is 1. The fourth-order valence-electron chi connectivity index (χ4n) is 1.79. The Morgan fingerprint density at radius 1 is 1.27 bits per heavy atom. The first-order valence-corrected chi connectivity index (χ1v) is 8.12. The topological polar surface area (TPSA) is 87.2 Å². The zero-order valence-corrected chi connectivity index (χ0v) is 15.3. The summed E-state index contributed by atoms with van der Waals surface area (Å²) < 4.78 is 1.63. The second kappa shape index (κ2) is 7.06. The van der Waals surface area contributed by atoms with Gasteiger partial charge in [0.2, 0.25) is 0 Å². The first-order chi connectivity index (χ1) is 10.4. The van der Waals surface area contributed by atoms with Crippen LogP contribution in [0.2, 0.25) is 0 Å². The molecular weight excluding hydrogens is 510 g/mol. The number of non-ortho nitro benzene ring substituents is 1. The van der Waals surface area contributed by atoms with Gasteiger partial charge in [-0.15, -0.1) is 0 Å². The highest BCUT2D eigenvalue weighted by Crippen LogP contribution is 2.30. The lowest BCUT2D eigenvalue weighted by molar-refractivity contribution is -0.384. The molecule has 1 N–H and O–H groups in total. The van der Waals surface area contributed by atoms with Crippen molar-refractivity contribution in [2.75, 3.05) is 0 Å². The van der Waals surface area contributed by atoms with Gasteiger partial charge in [-0.1, -0.05) is 0 Å². The fraction of sp³-hybridized carbons (Fsp3) is 0. The van der Waals surface area contributed by atoms with Crippen molar-refractivity contribution in [1.29, 1.82) is 5.26 Å². The lowest BCUT2D eigenvalue weighted by Gasteiger charge is -2.05. The van der Waals surface area contributed by atoms with Crippen LogP contribution in [0.1, 0.15) is 11.1 Å². The largest absolute Gasteiger partial charge is 0.506 e. The molecule has 0 atom stereocenters. The van der Waals surface area contributed by atoms with E-state index in [0.29, 0.717) is 20.3 Å². The van der Waals surface area contributed by atoms with E-state index in [4.69, 9.17) is 0 Å². The molecule has 110 valence electrons. The second-order valence-corrected chi connectivity index (χ2v) is 6.71. The van der Waals surface area contributed by atoms with Crippen LogP contribution in [-0.2, 0) is 0 Å². The van der Waals surface area contributed by atoms with Crippen molar-refractivity contribution in [3.63, 3.8) is 0 Å². The highest BCUT2D eigenvalue weighted by Gasteiger charge is 2.10. The van der Waals surface area contributed by atoms with Gasteiger partial charge in [-0.3, -0.25) is 10.1 Å². The number of hydrogen-bond acceptors (Lipinski definition) is 4. The molecule has 0 radical (unpaired) electrons.